The standard InChI is InChI=1S/C24H21N3/c1-27(20-13-6-3-7-14-20)24-23(17-10-18-25-24)26-22-16-9-8-15-21(22)19-11-4-2-5-12-19/h2-18,26H,1H3. The predicted octanol–water partition coefficient (Wildman–Crippen LogP) is 6.26. The molecule has 0 spiro atoms. The molecule has 0 saturated heterocycles. The molecule has 3 aromatic carbocycles. The molecule has 0 unspecified atom stereocenters. The van der Waals surface area contributed by atoms with Crippen molar-refractivity contribution in [2.24, 2.45) is 0 Å². The van der Waals surface area contributed by atoms with Crippen molar-refractivity contribution in [3.05, 3.63) is 103 Å². The number of rotatable bonds is 5. The van der Waals surface area contributed by atoms with Gasteiger partial charge < -0.3 is 10.2 Å². The molecule has 0 bridgehead atoms. The Balaban J connectivity index is 1.71. The fourth-order valence-corrected chi connectivity index (χ4v) is 3.14. The Morgan fingerprint density at radius 2 is 1.30 bits per heavy atom. The largest absolute Gasteiger partial charge is 0.352 e. The van der Waals surface area contributed by atoms with Crippen LogP contribution in [0.1, 0.15) is 0 Å². The van der Waals surface area contributed by atoms with Gasteiger partial charge in [0.05, 0.1) is 5.69 Å². The van der Waals surface area contributed by atoms with Crippen molar-refractivity contribution < 1.29 is 0 Å². The van der Waals surface area contributed by atoms with Crippen LogP contribution in [0.4, 0.5) is 22.9 Å². The maximum Gasteiger partial charge on any atom is 0.156 e. The Hall–Kier alpha value is -3.59. The minimum Gasteiger partial charge on any atom is -0.352 e. The summed E-state index contributed by atoms with van der Waals surface area (Å²) in [4.78, 5) is 6.71. The summed E-state index contributed by atoms with van der Waals surface area (Å²) in [5.41, 5.74) is 5.46. The van der Waals surface area contributed by atoms with Crippen molar-refractivity contribution in [3.8, 4) is 11.1 Å². The molecule has 1 N–H and O–H groups in total. The van der Waals surface area contributed by atoms with Gasteiger partial charge in [0.1, 0.15) is 0 Å². The van der Waals surface area contributed by atoms with E-state index in [2.05, 4.69) is 75.9 Å². The molecule has 4 rings (SSSR count). The van der Waals surface area contributed by atoms with Crippen LogP contribution >= 0.6 is 0 Å². The van der Waals surface area contributed by atoms with E-state index < -0.39 is 0 Å². The Morgan fingerprint density at radius 1 is 0.667 bits per heavy atom. The maximum atomic E-state index is 4.62. The zero-order valence-electron chi connectivity index (χ0n) is 15.2. The predicted molar refractivity (Wildman–Crippen MR) is 114 cm³/mol. The van der Waals surface area contributed by atoms with Crippen LogP contribution in [0.15, 0.2) is 103 Å². The van der Waals surface area contributed by atoms with E-state index in [1.807, 2.05) is 49.6 Å². The summed E-state index contributed by atoms with van der Waals surface area (Å²) in [6.45, 7) is 0. The lowest BCUT2D eigenvalue weighted by atomic mass is 10.0. The summed E-state index contributed by atoms with van der Waals surface area (Å²) in [5.74, 6) is 0.881. The quantitative estimate of drug-likeness (QED) is 0.460. The number of pyridine rings is 1. The number of hydrogen-bond donors (Lipinski definition) is 1. The van der Waals surface area contributed by atoms with Gasteiger partial charge in [-0.05, 0) is 35.9 Å². The summed E-state index contributed by atoms with van der Waals surface area (Å²) < 4.78 is 0. The first kappa shape index (κ1) is 16.9. The first-order valence-electron chi connectivity index (χ1n) is 8.98. The number of para-hydroxylation sites is 2. The van der Waals surface area contributed by atoms with Crippen LogP contribution < -0.4 is 10.2 Å². The average molecular weight is 351 g/mol. The van der Waals surface area contributed by atoms with Crippen molar-refractivity contribution in [1.82, 2.24) is 4.98 Å². The molecule has 0 radical (unpaired) electrons. The Kier molecular flexibility index (Phi) is 4.84. The fraction of sp³-hybridized carbons (Fsp3) is 0.0417. The highest BCUT2D eigenvalue weighted by molar-refractivity contribution is 5.84. The number of nitrogens with zero attached hydrogens (tertiary/aromatic N) is 2. The molecule has 0 fully saturated rings. The van der Waals surface area contributed by atoms with Gasteiger partial charge in [-0.3, -0.25) is 0 Å². The molecule has 3 heteroatoms. The third-order valence-corrected chi connectivity index (χ3v) is 4.53. The average Bonchev–Trinajstić information content (AvgIpc) is 2.75. The van der Waals surface area contributed by atoms with Crippen LogP contribution in [0, 0.1) is 0 Å². The van der Waals surface area contributed by atoms with E-state index in [1.165, 1.54) is 5.56 Å². The van der Waals surface area contributed by atoms with Crippen molar-refractivity contribution in [2.45, 2.75) is 0 Å². The lowest BCUT2D eigenvalue weighted by Gasteiger charge is -2.22. The Labute approximate surface area is 159 Å². The van der Waals surface area contributed by atoms with E-state index in [-0.39, 0.29) is 0 Å². The number of anilines is 4. The van der Waals surface area contributed by atoms with E-state index in [0.29, 0.717) is 0 Å². The highest BCUT2D eigenvalue weighted by Crippen LogP contribution is 2.34. The van der Waals surface area contributed by atoms with Gasteiger partial charge in [-0.1, -0.05) is 66.7 Å². The Bertz CT molecular complexity index is 1010. The SMILES string of the molecule is CN(c1ccccc1)c1ncccc1Nc1ccccc1-c1ccccc1. The second kappa shape index (κ2) is 7.75. The molecular weight excluding hydrogens is 330 g/mol. The third-order valence-electron chi connectivity index (χ3n) is 4.53. The molecule has 1 heterocycles. The number of hydrogen-bond acceptors (Lipinski definition) is 3. The topological polar surface area (TPSA) is 28.2 Å². The van der Waals surface area contributed by atoms with Gasteiger partial charge in [-0.25, -0.2) is 4.98 Å². The van der Waals surface area contributed by atoms with E-state index >= 15 is 0 Å². The minimum absolute atomic E-state index is 0.881. The van der Waals surface area contributed by atoms with Crippen LogP contribution in [0.5, 0.6) is 0 Å². The molecule has 0 aliphatic rings. The number of aromatic nitrogens is 1. The van der Waals surface area contributed by atoms with Gasteiger partial charge in [0.25, 0.3) is 0 Å². The molecule has 0 aliphatic heterocycles. The molecule has 27 heavy (non-hydrogen) atoms. The summed E-state index contributed by atoms with van der Waals surface area (Å²) in [6.07, 6.45) is 1.82. The van der Waals surface area contributed by atoms with E-state index in [4.69, 9.17) is 0 Å². The van der Waals surface area contributed by atoms with Crippen molar-refractivity contribution in [1.29, 1.82) is 0 Å². The Morgan fingerprint density at radius 3 is 2.07 bits per heavy atom. The zero-order valence-corrected chi connectivity index (χ0v) is 15.2. The molecule has 3 nitrogen and oxygen atoms in total. The monoisotopic (exact) mass is 351 g/mol. The molecular formula is C24H21N3. The molecule has 0 atom stereocenters. The number of nitrogens with one attached hydrogen (secondary N) is 1. The normalized spacial score (nSPS) is 10.4. The number of benzene rings is 3. The molecule has 1 aromatic heterocycles. The maximum absolute atomic E-state index is 4.62. The summed E-state index contributed by atoms with van der Waals surface area (Å²) >= 11 is 0. The van der Waals surface area contributed by atoms with Crippen LogP contribution in [0.3, 0.4) is 0 Å². The van der Waals surface area contributed by atoms with Gasteiger partial charge in [-0.15, -0.1) is 0 Å². The second-order valence-corrected chi connectivity index (χ2v) is 6.31. The van der Waals surface area contributed by atoms with Gasteiger partial charge in [0.15, 0.2) is 5.82 Å². The first-order valence-corrected chi connectivity index (χ1v) is 8.98. The van der Waals surface area contributed by atoms with Crippen LogP contribution in [-0.4, -0.2) is 12.0 Å². The van der Waals surface area contributed by atoms with Crippen molar-refractivity contribution in [3.63, 3.8) is 0 Å². The molecule has 0 saturated carbocycles. The summed E-state index contributed by atoms with van der Waals surface area (Å²) in [5, 5.41) is 3.59. The third kappa shape index (κ3) is 3.67. The summed E-state index contributed by atoms with van der Waals surface area (Å²) in [7, 11) is 2.03. The van der Waals surface area contributed by atoms with Crippen molar-refractivity contribution >= 4 is 22.9 Å². The minimum atomic E-state index is 0.881. The van der Waals surface area contributed by atoms with Gasteiger partial charge >= 0.3 is 0 Å². The van der Waals surface area contributed by atoms with Gasteiger partial charge in [0.2, 0.25) is 0 Å². The van der Waals surface area contributed by atoms with Crippen LogP contribution in [-0.2, 0) is 0 Å². The highest BCUT2D eigenvalue weighted by atomic mass is 15.2. The second-order valence-electron chi connectivity index (χ2n) is 6.31. The van der Waals surface area contributed by atoms with E-state index in [9.17, 15) is 0 Å². The van der Waals surface area contributed by atoms with E-state index in [0.717, 1.165) is 28.4 Å². The lowest BCUT2D eigenvalue weighted by Crippen LogP contribution is -2.13. The highest BCUT2D eigenvalue weighted by Gasteiger charge is 2.12. The smallest absolute Gasteiger partial charge is 0.156 e. The van der Waals surface area contributed by atoms with Crippen molar-refractivity contribution in [2.75, 3.05) is 17.3 Å². The fourth-order valence-electron chi connectivity index (χ4n) is 3.14. The zero-order chi connectivity index (χ0) is 18.5. The molecule has 4 aromatic rings. The van der Waals surface area contributed by atoms with Gasteiger partial charge in [-0.2, -0.15) is 0 Å². The molecule has 0 amide bonds. The lowest BCUT2D eigenvalue weighted by molar-refractivity contribution is 1.13. The first-order chi connectivity index (χ1) is 13.3. The van der Waals surface area contributed by atoms with Gasteiger partial charge in [0, 0.05) is 30.2 Å². The van der Waals surface area contributed by atoms with Crippen LogP contribution in [0.25, 0.3) is 11.1 Å². The summed E-state index contributed by atoms with van der Waals surface area (Å²) in [6, 6.07) is 33.0. The molecule has 132 valence electrons. The van der Waals surface area contributed by atoms with E-state index in [1.54, 1.807) is 0 Å². The van der Waals surface area contributed by atoms with Crippen LogP contribution in [0.2, 0.25) is 0 Å². The molecule has 0 aliphatic carbocycles.